The van der Waals surface area contributed by atoms with E-state index in [1.54, 1.807) is 6.07 Å². The molecule has 0 aliphatic heterocycles. The number of nitrogens with zero attached hydrogens (tertiary/aromatic N) is 2. The molecule has 0 atom stereocenters. The van der Waals surface area contributed by atoms with Gasteiger partial charge in [0.15, 0.2) is 0 Å². The molecule has 7 heteroatoms. The third-order valence-electron chi connectivity index (χ3n) is 2.56. The van der Waals surface area contributed by atoms with Crippen LogP contribution < -0.4 is 5.73 Å². The summed E-state index contributed by atoms with van der Waals surface area (Å²) in [7, 11) is 1.88. The van der Waals surface area contributed by atoms with Crippen LogP contribution in [0.1, 0.15) is 12.2 Å². The molecule has 1 heterocycles. The SMILES string of the molecule is Cl.Cl.Cn1c(CCC(=O)O)nc2cc(N)ccc21. The highest BCUT2D eigenvalue weighted by molar-refractivity contribution is 5.85. The summed E-state index contributed by atoms with van der Waals surface area (Å²) < 4.78 is 1.90. The van der Waals surface area contributed by atoms with Crippen LogP contribution in [0.3, 0.4) is 0 Å². The van der Waals surface area contributed by atoms with Gasteiger partial charge in [-0.2, -0.15) is 0 Å². The molecule has 1 aromatic heterocycles. The van der Waals surface area contributed by atoms with E-state index in [2.05, 4.69) is 4.98 Å². The van der Waals surface area contributed by atoms with Gasteiger partial charge in [0.1, 0.15) is 5.82 Å². The highest BCUT2D eigenvalue weighted by Crippen LogP contribution is 2.18. The average Bonchev–Trinajstić information content (AvgIpc) is 2.52. The van der Waals surface area contributed by atoms with Crippen LogP contribution in [0, 0.1) is 0 Å². The number of hydrogen-bond acceptors (Lipinski definition) is 3. The number of imidazole rings is 1. The van der Waals surface area contributed by atoms with Gasteiger partial charge in [-0.25, -0.2) is 4.98 Å². The van der Waals surface area contributed by atoms with Crippen LogP contribution in [0.15, 0.2) is 18.2 Å². The third-order valence-corrected chi connectivity index (χ3v) is 2.56. The summed E-state index contributed by atoms with van der Waals surface area (Å²) in [4.78, 5) is 14.9. The maximum absolute atomic E-state index is 10.5. The van der Waals surface area contributed by atoms with E-state index in [1.807, 2.05) is 23.7 Å². The number of anilines is 1. The first-order chi connectivity index (χ1) is 7.58. The second-order valence-electron chi connectivity index (χ2n) is 3.73. The zero-order chi connectivity index (χ0) is 11.7. The van der Waals surface area contributed by atoms with Crippen molar-refractivity contribution in [2.24, 2.45) is 7.05 Å². The van der Waals surface area contributed by atoms with Gasteiger partial charge < -0.3 is 15.4 Å². The summed E-state index contributed by atoms with van der Waals surface area (Å²) in [5.41, 5.74) is 8.10. The molecule has 5 nitrogen and oxygen atoms in total. The number of carboxylic acid groups (broad SMARTS) is 1. The van der Waals surface area contributed by atoms with Crippen molar-refractivity contribution >= 4 is 47.5 Å². The molecule has 0 aliphatic carbocycles. The molecule has 2 rings (SSSR count). The molecular weight excluding hydrogens is 277 g/mol. The predicted octanol–water partition coefficient (Wildman–Crippen LogP) is 2.02. The lowest BCUT2D eigenvalue weighted by Crippen LogP contribution is -2.03. The second kappa shape index (κ2) is 6.47. The number of benzene rings is 1. The summed E-state index contributed by atoms with van der Waals surface area (Å²) in [5, 5.41) is 8.63. The fourth-order valence-electron chi connectivity index (χ4n) is 1.71. The zero-order valence-corrected chi connectivity index (χ0v) is 11.4. The molecule has 0 saturated carbocycles. The molecule has 3 N–H and O–H groups in total. The summed E-state index contributed by atoms with van der Waals surface area (Å²) in [6.07, 6.45) is 0.521. The molecule has 1 aromatic carbocycles. The molecule has 0 unspecified atom stereocenters. The van der Waals surface area contributed by atoms with Crippen LogP contribution in [0.25, 0.3) is 11.0 Å². The number of rotatable bonds is 3. The molecule has 18 heavy (non-hydrogen) atoms. The maximum atomic E-state index is 10.5. The number of nitrogens with two attached hydrogens (primary N) is 1. The molecule has 100 valence electrons. The van der Waals surface area contributed by atoms with Crippen molar-refractivity contribution in [1.29, 1.82) is 0 Å². The number of aromatic nitrogens is 2. The molecule has 0 spiro atoms. The normalized spacial score (nSPS) is 9.61. The number of aryl methyl sites for hydroxylation is 2. The van der Waals surface area contributed by atoms with E-state index in [9.17, 15) is 4.79 Å². The Morgan fingerprint density at radius 1 is 1.44 bits per heavy atom. The largest absolute Gasteiger partial charge is 0.481 e. The molecule has 0 radical (unpaired) electrons. The Kier molecular flexibility index (Phi) is 5.94. The minimum atomic E-state index is -0.813. The highest BCUT2D eigenvalue weighted by Gasteiger charge is 2.09. The van der Waals surface area contributed by atoms with Crippen LogP contribution in [0.4, 0.5) is 5.69 Å². The van der Waals surface area contributed by atoms with E-state index in [4.69, 9.17) is 10.8 Å². The third kappa shape index (κ3) is 3.27. The fraction of sp³-hybridized carbons (Fsp3) is 0.273. The van der Waals surface area contributed by atoms with Crippen LogP contribution in [0.5, 0.6) is 0 Å². The first kappa shape index (κ1) is 16.5. The predicted molar refractivity (Wildman–Crippen MR) is 75.6 cm³/mol. The van der Waals surface area contributed by atoms with Gasteiger partial charge in [0.05, 0.1) is 17.5 Å². The van der Waals surface area contributed by atoms with Gasteiger partial charge in [-0.1, -0.05) is 0 Å². The van der Waals surface area contributed by atoms with Gasteiger partial charge in [-0.3, -0.25) is 4.79 Å². The molecule has 0 fully saturated rings. The van der Waals surface area contributed by atoms with Gasteiger partial charge in [-0.15, -0.1) is 24.8 Å². The summed E-state index contributed by atoms with van der Waals surface area (Å²) >= 11 is 0. The number of halogens is 2. The van der Waals surface area contributed by atoms with Crippen molar-refractivity contribution in [3.63, 3.8) is 0 Å². The Morgan fingerprint density at radius 3 is 2.72 bits per heavy atom. The van der Waals surface area contributed by atoms with Crippen LogP contribution >= 0.6 is 24.8 Å². The van der Waals surface area contributed by atoms with E-state index < -0.39 is 5.97 Å². The quantitative estimate of drug-likeness (QED) is 0.848. The zero-order valence-electron chi connectivity index (χ0n) is 9.79. The van der Waals surface area contributed by atoms with E-state index in [-0.39, 0.29) is 31.2 Å². The number of hydrogen-bond donors (Lipinski definition) is 2. The number of carboxylic acids is 1. The van der Waals surface area contributed by atoms with Crippen LogP contribution in [-0.2, 0) is 18.3 Å². The lowest BCUT2D eigenvalue weighted by Gasteiger charge is -1.99. The number of nitrogen functional groups attached to an aromatic ring is 1. The summed E-state index contributed by atoms with van der Waals surface area (Å²) in [6, 6.07) is 5.49. The van der Waals surface area contributed by atoms with Crippen molar-refractivity contribution in [2.75, 3.05) is 5.73 Å². The fourth-order valence-corrected chi connectivity index (χ4v) is 1.71. The topological polar surface area (TPSA) is 81.1 Å². The van der Waals surface area contributed by atoms with Gasteiger partial charge in [0, 0.05) is 19.2 Å². The van der Waals surface area contributed by atoms with Crippen molar-refractivity contribution in [2.45, 2.75) is 12.8 Å². The minimum Gasteiger partial charge on any atom is -0.481 e. The van der Waals surface area contributed by atoms with Crippen molar-refractivity contribution < 1.29 is 9.90 Å². The lowest BCUT2D eigenvalue weighted by molar-refractivity contribution is -0.137. The van der Waals surface area contributed by atoms with Gasteiger partial charge in [0.25, 0.3) is 0 Å². The van der Waals surface area contributed by atoms with E-state index >= 15 is 0 Å². The Morgan fingerprint density at radius 2 is 2.11 bits per heavy atom. The molecule has 0 bridgehead atoms. The molecule has 2 aromatic rings. The van der Waals surface area contributed by atoms with Crippen molar-refractivity contribution in [1.82, 2.24) is 9.55 Å². The Hall–Kier alpha value is -1.46. The first-order valence-electron chi connectivity index (χ1n) is 5.00. The number of aliphatic carboxylic acids is 1. The Bertz CT molecular complexity index is 554. The molecular formula is C11H15Cl2N3O2. The smallest absolute Gasteiger partial charge is 0.303 e. The molecule has 0 aliphatic rings. The summed E-state index contributed by atoms with van der Waals surface area (Å²) in [6.45, 7) is 0. The van der Waals surface area contributed by atoms with Gasteiger partial charge >= 0.3 is 5.97 Å². The Balaban J connectivity index is 0.00000144. The monoisotopic (exact) mass is 291 g/mol. The van der Waals surface area contributed by atoms with Crippen LogP contribution in [0.2, 0.25) is 0 Å². The minimum absolute atomic E-state index is 0. The second-order valence-corrected chi connectivity index (χ2v) is 3.73. The van der Waals surface area contributed by atoms with Crippen molar-refractivity contribution in [3.8, 4) is 0 Å². The van der Waals surface area contributed by atoms with Crippen molar-refractivity contribution in [3.05, 3.63) is 24.0 Å². The highest BCUT2D eigenvalue weighted by atomic mass is 35.5. The standard InChI is InChI=1S/C11H13N3O2.2ClH/c1-14-9-3-2-7(12)6-8(9)13-10(14)4-5-11(15)16;;/h2-3,6H,4-5,12H2,1H3,(H,15,16);2*1H. The summed E-state index contributed by atoms with van der Waals surface area (Å²) in [5.74, 6) is -0.0467. The Labute approximate surface area is 117 Å². The first-order valence-corrected chi connectivity index (χ1v) is 5.00. The van der Waals surface area contributed by atoms with Crippen LogP contribution in [-0.4, -0.2) is 20.6 Å². The van der Waals surface area contributed by atoms with E-state index in [0.29, 0.717) is 12.1 Å². The maximum Gasteiger partial charge on any atom is 0.303 e. The van der Waals surface area contributed by atoms with Gasteiger partial charge in [0.2, 0.25) is 0 Å². The lowest BCUT2D eigenvalue weighted by atomic mass is 10.3. The molecule has 0 saturated heterocycles. The van der Waals surface area contributed by atoms with Gasteiger partial charge in [-0.05, 0) is 18.2 Å². The molecule has 0 amide bonds. The van der Waals surface area contributed by atoms with E-state index in [0.717, 1.165) is 16.9 Å². The van der Waals surface area contributed by atoms with E-state index in [1.165, 1.54) is 0 Å². The number of carbonyl (C=O) groups is 1. The number of fused-ring (bicyclic) bond motifs is 1. The average molecular weight is 292 g/mol.